The Bertz CT molecular complexity index is 1100. The molecule has 0 bridgehead atoms. The van der Waals surface area contributed by atoms with Gasteiger partial charge in [0.2, 0.25) is 5.91 Å². The minimum Gasteiger partial charge on any atom is -0.351 e. The maximum absolute atomic E-state index is 12.2. The molecule has 7 heteroatoms. The molecule has 2 heterocycles. The summed E-state index contributed by atoms with van der Waals surface area (Å²) in [5.41, 5.74) is 3.81. The summed E-state index contributed by atoms with van der Waals surface area (Å²) in [7, 11) is 0. The lowest BCUT2D eigenvalue weighted by molar-refractivity contribution is -0.118. The number of nitrogens with zero attached hydrogens (tertiary/aromatic N) is 3. The fourth-order valence-electron chi connectivity index (χ4n) is 2.75. The van der Waals surface area contributed by atoms with Crippen molar-refractivity contribution >= 4 is 34.8 Å². The lowest BCUT2D eigenvalue weighted by Gasteiger charge is -2.06. The van der Waals surface area contributed by atoms with Crippen molar-refractivity contribution in [2.75, 3.05) is 5.75 Å². The van der Waals surface area contributed by atoms with Crippen molar-refractivity contribution < 1.29 is 4.79 Å². The molecule has 0 spiro atoms. The highest BCUT2D eigenvalue weighted by molar-refractivity contribution is 8.00. The first-order chi connectivity index (χ1) is 13.7. The topological polar surface area (TPSA) is 59.3 Å². The number of nitrogens with one attached hydrogen (secondary N) is 1. The summed E-state index contributed by atoms with van der Waals surface area (Å²) in [4.78, 5) is 16.6. The quantitative estimate of drug-likeness (QED) is 0.478. The third-order valence-electron chi connectivity index (χ3n) is 4.17. The van der Waals surface area contributed by atoms with Gasteiger partial charge in [0, 0.05) is 29.5 Å². The van der Waals surface area contributed by atoms with Crippen LogP contribution in [0, 0.1) is 0 Å². The summed E-state index contributed by atoms with van der Waals surface area (Å²) in [6.07, 6.45) is 3.51. The van der Waals surface area contributed by atoms with E-state index in [0.717, 1.165) is 27.4 Å². The van der Waals surface area contributed by atoms with Crippen molar-refractivity contribution in [2.24, 2.45) is 0 Å². The Kier molecular flexibility index (Phi) is 5.60. The van der Waals surface area contributed by atoms with Gasteiger partial charge in [0.25, 0.3) is 0 Å². The number of hydrogen-bond acceptors (Lipinski definition) is 4. The van der Waals surface area contributed by atoms with Crippen LogP contribution in [-0.2, 0) is 11.3 Å². The van der Waals surface area contributed by atoms with E-state index in [1.54, 1.807) is 10.7 Å². The molecule has 1 amide bonds. The number of amides is 1. The lowest BCUT2D eigenvalue weighted by Crippen LogP contribution is -2.24. The number of aromatic nitrogens is 3. The number of rotatable bonds is 6. The number of thioether (sulfide) groups is 1. The molecule has 5 nitrogen and oxygen atoms in total. The molecule has 0 saturated heterocycles. The summed E-state index contributed by atoms with van der Waals surface area (Å²) >= 11 is 7.27. The summed E-state index contributed by atoms with van der Waals surface area (Å²) in [6.45, 7) is 0.471. The number of hydrogen-bond donors (Lipinski definition) is 1. The average Bonchev–Trinajstić information content (AvgIpc) is 3.17. The van der Waals surface area contributed by atoms with Crippen LogP contribution in [-0.4, -0.2) is 26.3 Å². The molecule has 1 N–H and O–H groups in total. The SMILES string of the molecule is O=C(CSc1nccn2nc(-c3ccccc3)cc12)NCc1ccc(Cl)cc1. The van der Waals surface area contributed by atoms with E-state index in [4.69, 9.17) is 11.6 Å². The number of carbonyl (C=O) groups is 1. The Morgan fingerprint density at radius 1 is 1.11 bits per heavy atom. The number of halogens is 1. The molecule has 2 aromatic heterocycles. The lowest BCUT2D eigenvalue weighted by atomic mass is 10.1. The zero-order valence-electron chi connectivity index (χ0n) is 14.9. The Hall–Kier alpha value is -2.83. The molecule has 0 aliphatic heterocycles. The van der Waals surface area contributed by atoms with E-state index >= 15 is 0 Å². The fourth-order valence-corrected chi connectivity index (χ4v) is 3.68. The summed E-state index contributed by atoms with van der Waals surface area (Å²) in [6, 6.07) is 19.4. The molecular formula is C21H17ClN4OS. The normalized spacial score (nSPS) is 10.9. The predicted octanol–water partition coefficient (Wildman–Crippen LogP) is 4.46. The van der Waals surface area contributed by atoms with Gasteiger partial charge in [-0.05, 0) is 23.8 Å². The van der Waals surface area contributed by atoms with Crippen LogP contribution in [0.25, 0.3) is 16.8 Å². The van der Waals surface area contributed by atoms with Crippen molar-refractivity contribution in [3.05, 3.63) is 83.6 Å². The minimum atomic E-state index is -0.0495. The van der Waals surface area contributed by atoms with Crippen molar-refractivity contribution in [3.8, 4) is 11.3 Å². The fraction of sp³-hybridized carbons (Fsp3) is 0.0952. The molecule has 140 valence electrons. The van der Waals surface area contributed by atoms with Crippen LogP contribution in [0.4, 0.5) is 0 Å². The maximum atomic E-state index is 12.2. The van der Waals surface area contributed by atoms with Gasteiger partial charge in [-0.1, -0.05) is 65.8 Å². The molecule has 4 rings (SSSR count). The van der Waals surface area contributed by atoms with Gasteiger partial charge < -0.3 is 5.32 Å². The maximum Gasteiger partial charge on any atom is 0.230 e. The Morgan fingerprint density at radius 2 is 1.89 bits per heavy atom. The van der Waals surface area contributed by atoms with Crippen LogP contribution in [0.2, 0.25) is 5.02 Å². The van der Waals surface area contributed by atoms with Gasteiger partial charge in [-0.25, -0.2) is 9.50 Å². The van der Waals surface area contributed by atoms with Crippen LogP contribution in [0.15, 0.2) is 78.1 Å². The molecule has 28 heavy (non-hydrogen) atoms. The summed E-state index contributed by atoms with van der Waals surface area (Å²) in [5.74, 6) is 0.234. The Labute approximate surface area is 171 Å². The van der Waals surface area contributed by atoms with Crippen molar-refractivity contribution in [1.82, 2.24) is 19.9 Å². The van der Waals surface area contributed by atoms with Crippen LogP contribution < -0.4 is 5.32 Å². The highest BCUT2D eigenvalue weighted by Crippen LogP contribution is 2.25. The van der Waals surface area contributed by atoms with Crippen molar-refractivity contribution in [2.45, 2.75) is 11.6 Å². The zero-order valence-corrected chi connectivity index (χ0v) is 16.5. The second-order valence-corrected chi connectivity index (χ2v) is 7.55. The van der Waals surface area contributed by atoms with Gasteiger partial charge in [0.15, 0.2) is 0 Å². The molecule has 0 atom stereocenters. The first-order valence-corrected chi connectivity index (χ1v) is 10.1. The summed E-state index contributed by atoms with van der Waals surface area (Å²) < 4.78 is 1.79. The van der Waals surface area contributed by atoms with Gasteiger partial charge in [0.1, 0.15) is 5.03 Å². The molecule has 0 saturated carbocycles. The number of carbonyl (C=O) groups excluding carboxylic acids is 1. The molecular weight excluding hydrogens is 392 g/mol. The number of fused-ring (bicyclic) bond motifs is 1. The first kappa shape index (κ1) is 18.5. The van der Waals surface area contributed by atoms with E-state index in [9.17, 15) is 4.79 Å². The van der Waals surface area contributed by atoms with Crippen LogP contribution in [0.1, 0.15) is 5.56 Å². The monoisotopic (exact) mass is 408 g/mol. The molecule has 0 aliphatic carbocycles. The second-order valence-electron chi connectivity index (χ2n) is 6.15. The highest BCUT2D eigenvalue weighted by atomic mass is 35.5. The van der Waals surface area contributed by atoms with E-state index in [1.165, 1.54) is 11.8 Å². The molecule has 0 fully saturated rings. The van der Waals surface area contributed by atoms with Crippen molar-refractivity contribution in [1.29, 1.82) is 0 Å². The van der Waals surface area contributed by atoms with Gasteiger partial charge in [-0.3, -0.25) is 4.79 Å². The molecule has 4 aromatic rings. The smallest absolute Gasteiger partial charge is 0.230 e. The predicted molar refractivity (Wildman–Crippen MR) is 112 cm³/mol. The van der Waals surface area contributed by atoms with Gasteiger partial charge in [-0.2, -0.15) is 5.10 Å². The van der Waals surface area contributed by atoms with E-state index in [0.29, 0.717) is 11.6 Å². The van der Waals surface area contributed by atoms with Gasteiger partial charge >= 0.3 is 0 Å². The van der Waals surface area contributed by atoms with Gasteiger partial charge in [0.05, 0.1) is 17.0 Å². The third kappa shape index (κ3) is 4.35. The summed E-state index contributed by atoms with van der Waals surface area (Å²) in [5, 5.41) is 8.98. The first-order valence-electron chi connectivity index (χ1n) is 8.73. The third-order valence-corrected chi connectivity index (χ3v) is 5.41. The number of benzene rings is 2. The zero-order chi connectivity index (χ0) is 19.3. The average molecular weight is 409 g/mol. The van der Waals surface area contributed by atoms with Gasteiger partial charge in [-0.15, -0.1) is 0 Å². The second kappa shape index (κ2) is 8.46. The highest BCUT2D eigenvalue weighted by Gasteiger charge is 2.11. The molecule has 0 aliphatic rings. The van der Waals surface area contributed by atoms with E-state index in [1.807, 2.05) is 66.9 Å². The molecule has 0 radical (unpaired) electrons. The van der Waals surface area contributed by atoms with Crippen molar-refractivity contribution in [3.63, 3.8) is 0 Å². The standard InChI is InChI=1S/C21H17ClN4OS/c22-17-8-6-15(7-9-17)13-24-20(27)14-28-21-19-12-18(16-4-2-1-3-5-16)25-26(19)11-10-23-21/h1-12H,13-14H2,(H,24,27). The van der Waals surface area contributed by atoms with Crippen LogP contribution >= 0.6 is 23.4 Å². The molecule has 0 unspecified atom stereocenters. The Balaban J connectivity index is 1.42. The van der Waals surface area contributed by atoms with Crippen LogP contribution in [0.5, 0.6) is 0 Å². The largest absolute Gasteiger partial charge is 0.351 e. The van der Waals surface area contributed by atoms with E-state index in [-0.39, 0.29) is 11.7 Å². The van der Waals surface area contributed by atoms with E-state index in [2.05, 4.69) is 15.4 Å². The van der Waals surface area contributed by atoms with E-state index < -0.39 is 0 Å². The van der Waals surface area contributed by atoms with Crippen LogP contribution in [0.3, 0.4) is 0 Å². The molecule has 2 aromatic carbocycles. The Morgan fingerprint density at radius 3 is 2.68 bits per heavy atom. The minimum absolute atomic E-state index is 0.0495.